The molecule has 2 heterocycles. The molecule has 26 heavy (non-hydrogen) atoms. The second-order valence-corrected chi connectivity index (χ2v) is 6.27. The number of benzene rings is 1. The van der Waals surface area contributed by atoms with E-state index in [4.69, 9.17) is 0 Å². The van der Waals surface area contributed by atoms with E-state index in [1.807, 2.05) is 32.0 Å². The van der Waals surface area contributed by atoms with Gasteiger partial charge in [-0.25, -0.2) is 9.67 Å². The first-order valence-corrected chi connectivity index (χ1v) is 8.35. The van der Waals surface area contributed by atoms with Crippen LogP contribution >= 0.6 is 0 Å². The number of aliphatic hydroxyl groups is 1. The highest BCUT2D eigenvalue weighted by Crippen LogP contribution is 2.23. The molecule has 2 aromatic heterocycles. The number of hydrogen-bond donors (Lipinski definition) is 2. The Kier molecular flexibility index (Phi) is 5.09. The van der Waals surface area contributed by atoms with Crippen molar-refractivity contribution in [3.63, 3.8) is 0 Å². The Balaban J connectivity index is 2.09. The van der Waals surface area contributed by atoms with Crippen LogP contribution in [-0.2, 0) is 0 Å². The molecule has 0 bridgehead atoms. The van der Waals surface area contributed by atoms with Crippen molar-refractivity contribution >= 4 is 5.91 Å². The molecule has 0 aliphatic heterocycles. The van der Waals surface area contributed by atoms with Crippen LogP contribution < -0.4 is 5.32 Å². The highest BCUT2D eigenvalue weighted by Gasteiger charge is 2.14. The first-order chi connectivity index (χ1) is 12.5. The normalized spacial score (nSPS) is 12.0. The smallest absolute Gasteiger partial charge is 0.251 e. The Morgan fingerprint density at radius 2 is 2.04 bits per heavy atom. The second-order valence-electron chi connectivity index (χ2n) is 6.27. The van der Waals surface area contributed by atoms with Gasteiger partial charge in [0.25, 0.3) is 5.91 Å². The van der Waals surface area contributed by atoms with E-state index in [0.29, 0.717) is 11.4 Å². The average molecular weight is 351 g/mol. The maximum absolute atomic E-state index is 12.6. The van der Waals surface area contributed by atoms with E-state index in [1.165, 1.54) is 6.33 Å². The van der Waals surface area contributed by atoms with Crippen molar-refractivity contribution in [3.8, 4) is 16.9 Å². The predicted octanol–water partition coefficient (Wildman–Crippen LogP) is 2.06. The number of carbonyl (C=O) groups is 1. The summed E-state index contributed by atoms with van der Waals surface area (Å²) in [6, 6.07) is 9.02. The Labute approximate surface area is 151 Å². The summed E-state index contributed by atoms with van der Waals surface area (Å²) in [4.78, 5) is 21.2. The summed E-state index contributed by atoms with van der Waals surface area (Å²) < 4.78 is 1.67. The van der Waals surface area contributed by atoms with E-state index < -0.39 is 0 Å². The molecule has 0 fully saturated rings. The predicted molar refractivity (Wildman–Crippen MR) is 98.1 cm³/mol. The van der Waals surface area contributed by atoms with Gasteiger partial charge in [0, 0.05) is 23.4 Å². The van der Waals surface area contributed by atoms with Gasteiger partial charge < -0.3 is 10.4 Å². The molecule has 1 aromatic carbocycles. The van der Waals surface area contributed by atoms with Crippen molar-refractivity contribution in [2.45, 2.75) is 26.8 Å². The number of nitrogens with one attached hydrogen (secondary N) is 1. The van der Waals surface area contributed by atoms with E-state index in [2.05, 4.69) is 20.4 Å². The minimum absolute atomic E-state index is 0.125. The van der Waals surface area contributed by atoms with Gasteiger partial charge in [-0.15, -0.1) is 0 Å². The summed E-state index contributed by atoms with van der Waals surface area (Å²) in [5, 5.41) is 16.2. The van der Waals surface area contributed by atoms with E-state index in [0.717, 1.165) is 22.5 Å². The quantitative estimate of drug-likeness (QED) is 0.734. The lowest BCUT2D eigenvalue weighted by atomic mass is 10.0. The number of amides is 1. The summed E-state index contributed by atoms with van der Waals surface area (Å²) in [5.74, 6) is 0.452. The minimum atomic E-state index is -0.333. The number of pyridine rings is 1. The summed E-state index contributed by atoms with van der Waals surface area (Å²) in [5.41, 5.74) is 3.82. The molecule has 134 valence electrons. The summed E-state index contributed by atoms with van der Waals surface area (Å²) in [6.07, 6.45) is 3.26. The van der Waals surface area contributed by atoms with Crippen LogP contribution in [0.15, 0.2) is 42.9 Å². The molecule has 7 nitrogen and oxygen atoms in total. The Morgan fingerprint density at radius 3 is 2.65 bits per heavy atom. The molecule has 0 aliphatic carbocycles. The van der Waals surface area contributed by atoms with Gasteiger partial charge in [-0.05, 0) is 50.6 Å². The molecule has 3 rings (SSSR count). The summed E-state index contributed by atoms with van der Waals surface area (Å²) in [7, 11) is 0. The lowest BCUT2D eigenvalue weighted by Gasteiger charge is -2.13. The molecular weight excluding hydrogens is 330 g/mol. The summed E-state index contributed by atoms with van der Waals surface area (Å²) >= 11 is 0. The number of rotatable bonds is 5. The van der Waals surface area contributed by atoms with Gasteiger partial charge in [-0.3, -0.25) is 9.78 Å². The number of hydrogen-bond acceptors (Lipinski definition) is 5. The third kappa shape index (κ3) is 3.78. The second kappa shape index (κ2) is 7.45. The van der Waals surface area contributed by atoms with Crippen molar-refractivity contribution < 1.29 is 9.90 Å². The fourth-order valence-corrected chi connectivity index (χ4v) is 2.56. The monoisotopic (exact) mass is 351 g/mol. The Morgan fingerprint density at radius 1 is 1.23 bits per heavy atom. The molecule has 2 N–H and O–H groups in total. The zero-order chi connectivity index (χ0) is 18.7. The maximum atomic E-state index is 12.6. The molecule has 7 heteroatoms. The van der Waals surface area contributed by atoms with Gasteiger partial charge in [-0.1, -0.05) is 6.07 Å². The van der Waals surface area contributed by atoms with Gasteiger partial charge in [0.2, 0.25) is 0 Å². The van der Waals surface area contributed by atoms with Crippen molar-refractivity contribution in [2.24, 2.45) is 0 Å². The number of carbonyl (C=O) groups excluding carboxylic acids is 1. The summed E-state index contributed by atoms with van der Waals surface area (Å²) in [6.45, 7) is 5.43. The minimum Gasteiger partial charge on any atom is -0.394 e. The third-order valence-corrected chi connectivity index (χ3v) is 4.00. The fraction of sp³-hybridized carbons (Fsp3) is 0.263. The molecule has 0 saturated carbocycles. The Hall–Kier alpha value is -3.06. The lowest BCUT2D eigenvalue weighted by Crippen LogP contribution is -2.35. The number of aryl methyl sites for hydroxylation is 2. The van der Waals surface area contributed by atoms with Crippen molar-refractivity contribution in [1.29, 1.82) is 0 Å². The number of aromatic nitrogens is 4. The van der Waals surface area contributed by atoms with Crippen LogP contribution in [0, 0.1) is 13.8 Å². The third-order valence-electron chi connectivity index (χ3n) is 4.00. The molecule has 0 radical (unpaired) electrons. The van der Waals surface area contributed by atoms with Gasteiger partial charge in [0.1, 0.15) is 12.2 Å². The fourth-order valence-electron chi connectivity index (χ4n) is 2.56. The molecule has 1 atom stereocenters. The van der Waals surface area contributed by atoms with E-state index in [1.54, 1.807) is 29.9 Å². The van der Waals surface area contributed by atoms with Gasteiger partial charge in [0.05, 0.1) is 18.0 Å². The van der Waals surface area contributed by atoms with Crippen LogP contribution in [0.3, 0.4) is 0 Å². The maximum Gasteiger partial charge on any atom is 0.251 e. The standard InChI is InChI=1S/C19H21N5O2/c1-12-4-5-18(20-9-12)15-6-16(19(26)23-13(2)10-25)8-17(7-15)24-14(3)21-11-22-24/h4-9,11,13,25H,10H2,1-3H3,(H,23,26). The molecule has 1 amide bonds. The lowest BCUT2D eigenvalue weighted by molar-refractivity contribution is 0.0922. The first kappa shape index (κ1) is 17.8. The molecular formula is C19H21N5O2. The van der Waals surface area contributed by atoms with Crippen molar-refractivity contribution in [1.82, 2.24) is 25.1 Å². The van der Waals surface area contributed by atoms with E-state index in [9.17, 15) is 9.90 Å². The van der Waals surface area contributed by atoms with E-state index in [-0.39, 0.29) is 18.6 Å². The molecule has 1 unspecified atom stereocenters. The molecule has 0 spiro atoms. The van der Waals surface area contributed by atoms with Crippen LogP contribution in [0.4, 0.5) is 0 Å². The zero-order valence-electron chi connectivity index (χ0n) is 15.0. The van der Waals surface area contributed by atoms with Crippen LogP contribution in [0.1, 0.15) is 28.7 Å². The first-order valence-electron chi connectivity index (χ1n) is 8.35. The van der Waals surface area contributed by atoms with Gasteiger partial charge >= 0.3 is 0 Å². The Bertz CT molecular complexity index is 918. The highest BCUT2D eigenvalue weighted by molar-refractivity contribution is 5.96. The van der Waals surface area contributed by atoms with Crippen LogP contribution in [0.5, 0.6) is 0 Å². The van der Waals surface area contributed by atoms with Crippen LogP contribution in [-0.4, -0.2) is 43.4 Å². The highest BCUT2D eigenvalue weighted by atomic mass is 16.3. The van der Waals surface area contributed by atoms with E-state index >= 15 is 0 Å². The molecule has 0 saturated heterocycles. The topological polar surface area (TPSA) is 92.9 Å². The average Bonchev–Trinajstić information content (AvgIpc) is 3.07. The SMILES string of the molecule is Cc1ccc(-c2cc(C(=O)NC(C)CO)cc(-n3ncnc3C)c2)nc1. The largest absolute Gasteiger partial charge is 0.394 e. The molecule has 0 aliphatic rings. The zero-order valence-corrected chi connectivity index (χ0v) is 15.0. The van der Waals surface area contributed by atoms with Crippen molar-refractivity contribution in [2.75, 3.05) is 6.61 Å². The van der Waals surface area contributed by atoms with Crippen molar-refractivity contribution in [3.05, 3.63) is 59.8 Å². The van der Waals surface area contributed by atoms with Crippen LogP contribution in [0.25, 0.3) is 16.9 Å². The molecule has 3 aromatic rings. The van der Waals surface area contributed by atoms with Gasteiger partial charge in [0.15, 0.2) is 0 Å². The number of aliphatic hydroxyl groups excluding tert-OH is 1. The van der Waals surface area contributed by atoms with Crippen LogP contribution in [0.2, 0.25) is 0 Å². The number of nitrogens with zero attached hydrogens (tertiary/aromatic N) is 4. The van der Waals surface area contributed by atoms with Gasteiger partial charge in [-0.2, -0.15) is 5.10 Å².